The topological polar surface area (TPSA) is 3.24 Å². The number of fused-ring (bicyclic) bond motifs is 1. The molecule has 0 radical (unpaired) electrons. The number of rotatable bonds is 4. The second-order valence-corrected chi connectivity index (χ2v) is 7.55. The molecular weight excluding hydrogens is 362 g/mol. The van der Waals surface area contributed by atoms with Gasteiger partial charge < -0.3 is 4.90 Å². The molecule has 1 nitrogen and oxygen atoms in total. The van der Waals surface area contributed by atoms with Crippen LogP contribution < -0.4 is 4.90 Å². The van der Waals surface area contributed by atoms with Gasteiger partial charge in [0, 0.05) is 24.0 Å². The molecule has 0 fully saturated rings. The minimum absolute atomic E-state index is 1.17. The lowest BCUT2D eigenvalue weighted by Gasteiger charge is -2.23. The quantitative estimate of drug-likeness (QED) is 0.303. The highest BCUT2D eigenvalue weighted by Crippen LogP contribution is 2.36. The molecule has 5 aromatic rings. The van der Waals surface area contributed by atoms with Gasteiger partial charge >= 0.3 is 0 Å². The van der Waals surface area contributed by atoms with E-state index in [4.69, 9.17) is 0 Å². The van der Waals surface area contributed by atoms with Crippen LogP contribution in [0.4, 0.5) is 11.4 Å². The van der Waals surface area contributed by atoms with Gasteiger partial charge in [-0.2, -0.15) is 0 Å². The first-order valence-corrected chi connectivity index (χ1v) is 10.3. The number of hydrogen-bond acceptors (Lipinski definition) is 1. The third kappa shape index (κ3) is 3.46. The van der Waals surface area contributed by atoms with Crippen LogP contribution in [0, 0.1) is 0 Å². The van der Waals surface area contributed by atoms with Crippen molar-refractivity contribution in [2.45, 2.75) is 0 Å². The largest absolute Gasteiger partial charge is 0.344 e. The second kappa shape index (κ2) is 7.88. The summed E-state index contributed by atoms with van der Waals surface area (Å²) >= 11 is 0. The van der Waals surface area contributed by atoms with Gasteiger partial charge in [0.2, 0.25) is 0 Å². The minimum Gasteiger partial charge on any atom is -0.344 e. The molecule has 0 unspecified atom stereocenters. The molecule has 30 heavy (non-hydrogen) atoms. The summed E-state index contributed by atoms with van der Waals surface area (Å²) < 4.78 is 0. The Morgan fingerprint density at radius 3 is 1.87 bits per heavy atom. The van der Waals surface area contributed by atoms with Crippen molar-refractivity contribution in [3.63, 3.8) is 0 Å². The van der Waals surface area contributed by atoms with Crippen LogP contribution in [0.25, 0.3) is 33.0 Å². The zero-order chi connectivity index (χ0) is 20.3. The van der Waals surface area contributed by atoms with Gasteiger partial charge in [0.15, 0.2) is 0 Å². The Hall–Kier alpha value is -3.84. The first kappa shape index (κ1) is 18.2. The maximum atomic E-state index is 2.28. The first-order valence-electron chi connectivity index (χ1n) is 10.3. The van der Waals surface area contributed by atoms with Crippen LogP contribution >= 0.6 is 0 Å². The van der Waals surface area contributed by atoms with Crippen molar-refractivity contribution in [1.29, 1.82) is 0 Å². The van der Waals surface area contributed by atoms with Crippen molar-refractivity contribution in [3.05, 3.63) is 121 Å². The zero-order valence-electron chi connectivity index (χ0n) is 17.0. The summed E-state index contributed by atoms with van der Waals surface area (Å²) in [5.74, 6) is 0. The SMILES string of the molecule is CN(c1ccc(-c2ccccc2)cc1)c1ccccc1-c1ccc2ccccc2c1. The van der Waals surface area contributed by atoms with Gasteiger partial charge in [0.1, 0.15) is 0 Å². The van der Waals surface area contributed by atoms with Gasteiger partial charge in [0.05, 0.1) is 0 Å². The second-order valence-electron chi connectivity index (χ2n) is 7.55. The van der Waals surface area contributed by atoms with E-state index >= 15 is 0 Å². The number of para-hydroxylation sites is 1. The highest BCUT2D eigenvalue weighted by Gasteiger charge is 2.11. The van der Waals surface area contributed by atoms with Gasteiger partial charge in [-0.05, 0) is 51.7 Å². The number of nitrogens with zero attached hydrogens (tertiary/aromatic N) is 1. The van der Waals surface area contributed by atoms with Crippen molar-refractivity contribution in [2.75, 3.05) is 11.9 Å². The Morgan fingerprint density at radius 2 is 1.07 bits per heavy atom. The fraction of sp³-hybridized carbons (Fsp3) is 0.0345. The fourth-order valence-electron chi connectivity index (χ4n) is 4.01. The molecule has 1 heteroatoms. The predicted octanol–water partition coefficient (Wildman–Crippen LogP) is 7.94. The van der Waals surface area contributed by atoms with Crippen LogP contribution in [-0.4, -0.2) is 7.05 Å². The smallest absolute Gasteiger partial charge is 0.0487 e. The van der Waals surface area contributed by atoms with E-state index < -0.39 is 0 Å². The Labute approximate surface area is 177 Å². The fourth-order valence-corrected chi connectivity index (χ4v) is 4.01. The molecule has 0 aliphatic carbocycles. The Bertz CT molecular complexity index is 1290. The maximum Gasteiger partial charge on any atom is 0.0487 e. The van der Waals surface area contributed by atoms with E-state index in [1.165, 1.54) is 44.4 Å². The monoisotopic (exact) mass is 385 g/mol. The van der Waals surface area contributed by atoms with E-state index in [0.29, 0.717) is 0 Å². The summed E-state index contributed by atoms with van der Waals surface area (Å²) in [6, 6.07) is 43.1. The van der Waals surface area contributed by atoms with E-state index in [1.807, 2.05) is 0 Å². The molecule has 0 heterocycles. The van der Waals surface area contributed by atoms with Crippen LogP contribution in [-0.2, 0) is 0 Å². The molecule has 0 bridgehead atoms. The van der Waals surface area contributed by atoms with Crippen LogP contribution in [0.15, 0.2) is 121 Å². The Balaban J connectivity index is 1.51. The lowest BCUT2D eigenvalue weighted by molar-refractivity contribution is 1.21. The molecule has 0 aliphatic heterocycles. The standard InChI is InChI=1S/C29H23N/c1-30(27-19-17-24(18-20-27)22-9-3-2-4-10-22)29-14-8-7-13-28(29)26-16-15-23-11-5-6-12-25(23)21-26/h2-21H,1H3. The molecule has 0 aliphatic rings. The zero-order valence-corrected chi connectivity index (χ0v) is 17.0. The van der Waals surface area contributed by atoms with Crippen LogP contribution in [0.1, 0.15) is 0 Å². The van der Waals surface area contributed by atoms with Gasteiger partial charge in [0.25, 0.3) is 0 Å². The van der Waals surface area contributed by atoms with Crippen molar-refractivity contribution in [2.24, 2.45) is 0 Å². The van der Waals surface area contributed by atoms with E-state index in [-0.39, 0.29) is 0 Å². The van der Waals surface area contributed by atoms with E-state index in [9.17, 15) is 0 Å². The van der Waals surface area contributed by atoms with Crippen LogP contribution in [0.5, 0.6) is 0 Å². The highest BCUT2D eigenvalue weighted by molar-refractivity contribution is 5.91. The normalized spacial score (nSPS) is 10.8. The van der Waals surface area contributed by atoms with Gasteiger partial charge in [-0.25, -0.2) is 0 Å². The average Bonchev–Trinajstić information content (AvgIpc) is 2.84. The van der Waals surface area contributed by atoms with E-state index in [1.54, 1.807) is 0 Å². The molecule has 0 aromatic heterocycles. The minimum atomic E-state index is 1.17. The average molecular weight is 386 g/mol. The highest BCUT2D eigenvalue weighted by atomic mass is 15.1. The summed E-state index contributed by atoms with van der Waals surface area (Å²) in [5, 5.41) is 2.53. The predicted molar refractivity (Wildman–Crippen MR) is 129 cm³/mol. The molecule has 0 saturated carbocycles. The molecule has 0 spiro atoms. The maximum absolute atomic E-state index is 2.28. The molecule has 0 amide bonds. The lowest BCUT2D eigenvalue weighted by Crippen LogP contribution is -2.10. The third-order valence-corrected chi connectivity index (χ3v) is 5.69. The summed E-state index contributed by atoms with van der Waals surface area (Å²) in [7, 11) is 2.14. The number of anilines is 2. The molecule has 0 saturated heterocycles. The van der Waals surface area contributed by atoms with Crippen LogP contribution in [0.3, 0.4) is 0 Å². The van der Waals surface area contributed by atoms with Gasteiger partial charge in [-0.3, -0.25) is 0 Å². The molecule has 0 N–H and O–H groups in total. The lowest BCUT2D eigenvalue weighted by atomic mass is 9.99. The Kier molecular flexibility index (Phi) is 4.78. The molecule has 5 rings (SSSR count). The summed E-state index contributed by atoms with van der Waals surface area (Å²) in [5.41, 5.74) is 7.30. The molecule has 144 valence electrons. The van der Waals surface area contributed by atoms with Crippen LogP contribution in [0.2, 0.25) is 0 Å². The number of hydrogen-bond donors (Lipinski definition) is 0. The van der Waals surface area contributed by atoms with E-state index in [2.05, 4.69) is 133 Å². The van der Waals surface area contributed by atoms with Gasteiger partial charge in [-0.15, -0.1) is 0 Å². The number of benzene rings is 5. The van der Waals surface area contributed by atoms with Crippen molar-refractivity contribution in [1.82, 2.24) is 0 Å². The summed E-state index contributed by atoms with van der Waals surface area (Å²) in [6.45, 7) is 0. The summed E-state index contributed by atoms with van der Waals surface area (Å²) in [4.78, 5) is 2.26. The summed E-state index contributed by atoms with van der Waals surface area (Å²) in [6.07, 6.45) is 0. The van der Waals surface area contributed by atoms with Crippen molar-refractivity contribution >= 4 is 22.1 Å². The molecule has 0 atom stereocenters. The molecule has 5 aromatic carbocycles. The Morgan fingerprint density at radius 1 is 0.467 bits per heavy atom. The van der Waals surface area contributed by atoms with Gasteiger partial charge in [-0.1, -0.05) is 97.1 Å². The molecular formula is C29H23N. The van der Waals surface area contributed by atoms with Crippen molar-refractivity contribution in [3.8, 4) is 22.3 Å². The third-order valence-electron chi connectivity index (χ3n) is 5.69. The van der Waals surface area contributed by atoms with E-state index in [0.717, 1.165) is 0 Å². The van der Waals surface area contributed by atoms with Crippen molar-refractivity contribution < 1.29 is 0 Å². The first-order chi connectivity index (χ1) is 14.8.